The average Bonchev–Trinajstić information content (AvgIpc) is 2.02. The van der Waals surface area contributed by atoms with E-state index in [0.717, 1.165) is 12.3 Å². The molecule has 0 aliphatic rings. The summed E-state index contributed by atoms with van der Waals surface area (Å²) in [6, 6.07) is 1.04. The third-order valence-corrected chi connectivity index (χ3v) is 2.02. The van der Waals surface area contributed by atoms with E-state index in [1.165, 1.54) is 0 Å². The van der Waals surface area contributed by atoms with E-state index in [1.807, 2.05) is 0 Å². The fourth-order valence-electron chi connectivity index (χ4n) is 0.842. The number of rotatable bonds is 2. The molecule has 1 rings (SSSR count). The molecule has 13 heavy (non-hydrogen) atoms. The first-order valence-corrected chi connectivity index (χ1v) is 3.99. The number of carboxylic acids is 1. The molecule has 0 fully saturated rings. The first-order chi connectivity index (χ1) is 6.04. The summed E-state index contributed by atoms with van der Waals surface area (Å²) in [6.07, 6.45) is -1.70. The quantitative estimate of drug-likeness (QED) is 0.822. The van der Waals surface area contributed by atoms with Crippen LogP contribution in [-0.4, -0.2) is 16.1 Å². The predicted molar refractivity (Wildman–Crippen MR) is 43.9 cm³/mol. The zero-order valence-electron chi connectivity index (χ0n) is 6.17. The van der Waals surface area contributed by atoms with E-state index in [0.29, 0.717) is 0 Å². The van der Waals surface area contributed by atoms with Gasteiger partial charge in [-0.15, -0.1) is 0 Å². The molecule has 1 heterocycles. The van der Waals surface area contributed by atoms with Crippen LogP contribution < -0.4 is 0 Å². The Labute approximate surface area is 80.5 Å². The van der Waals surface area contributed by atoms with Crippen molar-refractivity contribution >= 4 is 21.9 Å². The molecule has 0 aromatic carbocycles. The zero-order chi connectivity index (χ0) is 10.0. The van der Waals surface area contributed by atoms with E-state index in [-0.39, 0.29) is 4.60 Å². The number of alkyl halides is 2. The number of halogens is 3. The summed E-state index contributed by atoms with van der Waals surface area (Å²) in [7, 11) is 0. The van der Waals surface area contributed by atoms with Crippen LogP contribution in [-0.2, 0) is 0 Å². The number of nitrogens with zero attached hydrogens (tertiary/aromatic N) is 1. The van der Waals surface area contributed by atoms with Gasteiger partial charge in [-0.3, -0.25) is 0 Å². The molecule has 1 N–H and O–H groups in total. The van der Waals surface area contributed by atoms with Crippen LogP contribution in [0.15, 0.2) is 16.9 Å². The lowest BCUT2D eigenvalue weighted by molar-refractivity contribution is 0.0684. The highest BCUT2D eigenvalue weighted by Gasteiger charge is 2.21. The summed E-state index contributed by atoms with van der Waals surface area (Å²) < 4.78 is 24.5. The monoisotopic (exact) mass is 251 g/mol. The van der Waals surface area contributed by atoms with Gasteiger partial charge in [0.15, 0.2) is 0 Å². The second kappa shape index (κ2) is 3.78. The van der Waals surface area contributed by atoms with Crippen LogP contribution in [0, 0.1) is 0 Å². The molecule has 0 atom stereocenters. The van der Waals surface area contributed by atoms with Crippen molar-refractivity contribution in [2.24, 2.45) is 0 Å². The predicted octanol–water partition coefficient (Wildman–Crippen LogP) is 2.48. The van der Waals surface area contributed by atoms with Gasteiger partial charge in [0.05, 0.1) is 11.1 Å². The Bertz CT molecular complexity index is 343. The fraction of sp³-hybridized carbons (Fsp3) is 0.143. The number of carbonyl (C=O) groups is 1. The topological polar surface area (TPSA) is 50.2 Å². The van der Waals surface area contributed by atoms with E-state index in [1.54, 1.807) is 0 Å². The van der Waals surface area contributed by atoms with Crippen LogP contribution in [0.4, 0.5) is 8.78 Å². The van der Waals surface area contributed by atoms with Crippen molar-refractivity contribution in [3.63, 3.8) is 0 Å². The van der Waals surface area contributed by atoms with Crippen LogP contribution in [0.1, 0.15) is 22.3 Å². The van der Waals surface area contributed by atoms with Gasteiger partial charge in [0, 0.05) is 6.20 Å². The summed E-state index contributed by atoms with van der Waals surface area (Å²) in [6.45, 7) is 0. The highest BCUT2D eigenvalue weighted by atomic mass is 79.9. The Hall–Kier alpha value is -1.04. The molecule has 0 saturated carbocycles. The summed E-state index contributed by atoms with van der Waals surface area (Å²) in [5.74, 6) is -1.39. The van der Waals surface area contributed by atoms with Crippen molar-refractivity contribution in [2.75, 3.05) is 0 Å². The maximum atomic E-state index is 12.3. The standard InChI is InChI=1S/C7H4BrF2NO2/c8-5-4(6(9)10)3(7(12)13)1-2-11-5/h1-2,6H,(H,12,13). The van der Waals surface area contributed by atoms with Crippen molar-refractivity contribution in [1.82, 2.24) is 4.98 Å². The third-order valence-electron chi connectivity index (χ3n) is 1.39. The minimum atomic E-state index is -2.85. The molecular formula is C7H4BrF2NO2. The number of carboxylic acid groups (broad SMARTS) is 1. The second-order valence-corrected chi connectivity index (χ2v) is 2.92. The van der Waals surface area contributed by atoms with E-state index >= 15 is 0 Å². The van der Waals surface area contributed by atoms with E-state index in [9.17, 15) is 13.6 Å². The first kappa shape index (κ1) is 10.0. The van der Waals surface area contributed by atoms with Gasteiger partial charge in [-0.2, -0.15) is 0 Å². The van der Waals surface area contributed by atoms with Gasteiger partial charge >= 0.3 is 5.97 Å². The number of hydrogen-bond acceptors (Lipinski definition) is 2. The number of aromatic nitrogens is 1. The number of pyridine rings is 1. The third kappa shape index (κ3) is 2.00. The van der Waals surface area contributed by atoms with Gasteiger partial charge in [0.25, 0.3) is 6.43 Å². The minimum absolute atomic E-state index is 0.137. The fourth-order valence-corrected chi connectivity index (χ4v) is 1.35. The normalized spacial score (nSPS) is 10.5. The average molecular weight is 252 g/mol. The van der Waals surface area contributed by atoms with E-state index < -0.39 is 23.5 Å². The number of hydrogen-bond donors (Lipinski definition) is 1. The number of aromatic carboxylic acids is 1. The van der Waals surface area contributed by atoms with E-state index in [4.69, 9.17) is 5.11 Å². The lowest BCUT2D eigenvalue weighted by Crippen LogP contribution is -2.04. The molecule has 1 aromatic rings. The highest BCUT2D eigenvalue weighted by molar-refractivity contribution is 9.10. The van der Waals surface area contributed by atoms with Crippen LogP contribution in [0.25, 0.3) is 0 Å². The first-order valence-electron chi connectivity index (χ1n) is 3.20. The van der Waals surface area contributed by atoms with Crippen molar-refractivity contribution < 1.29 is 18.7 Å². The van der Waals surface area contributed by atoms with Gasteiger partial charge in [0.1, 0.15) is 4.60 Å². The molecule has 3 nitrogen and oxygen atoms in total. The summed E-state index contributed by atoms with van der Waals surface area (Å²) in [5, 5.41) is 8.56. The van der Waals surface area contributed by atoms with Gasteiger partial charge < -0.3 is 5.11 Å². The lowest BCUT2D eigenvalue weighted by Gasteiger charge is -2.05. The smallest absolute Gasteiger partial charge is 0.336 e. The Morgan fingerprint density at radius 1 is 1.62 bits per heavy atom. The van der Waals surface area contributed by atoms with Crippen LogP contribution in [0.2, 0.25) is 0 Å². The van der Waals surface area contributed by atoms with Crippen LogP contribution >= 0.6 is 15.9 Å². The van der Waals surface area contributed by atoms with Crippen molar-refractivity contribution in [3.8, 4) is 0 Å². The molecule has 1 aromatic heterocycles. The zero-order valence-corrected chi connectivity index (χ0v) is 7.75. The largest absolute Gasteiger partial charge is 0.478 e. The highest BCUT2D eigenvalue weighted by Crippen LogP contribution is 2.28. The molecule has 6 heteroatoms. The molecule has 0 unspecified atom stereocenters. The van der Waals surface area contributed by atoms with Crippen LogP contribution in [0.5, 0.6) is 0 Å². The molecular weight excluding hydrogens is 248 g/mol. The van der Waals surface area contributed by atoms with E-state index in [2.05, 4.69) is 20.9 Å². The van der Waals surface area contributed by atoms with Gasteiger partial charge in [-0.25, -0.2) is 18.6 Å². The van der Waals surface area contributed by atoms with Crippen molar-refractivity contribution in [2.45, 2.75) is 6.43 Å². The van der Waals surface area contributed by atoms with Crippen molar-refractivity contribution in [1.29, 1.82) is 0 Å². The lowest BCUT2D eigenvalue weighted by atomic mass is 10.1. The molecule has 0 aliphatic heterocycles. The molecule has 0 bridgehead atoms. The van der Waals surface area contributed by atoms with Crippen molar-refractivity contribution in [3.05, 3.63) is 28.0 Å². The minimum Gasteiger partial charge on any atom is -0.478 e. The van der Waals surface area contributed by atoms with Gasteiger partial charge in [-0.05, 0) is 22.0 Å². The summed E-state index contributed by atoms with van der Waals surface area (Å²) in [5.41, 5.74) is -1.02. The summed E-state index contributed by atoms with van der Waals surface area (Å²) in [4.78, 5) is 14.0. The van der Waals surface area contributed by atoms with Crippen LogP contribution in [0.3, 0.4) is 0 Å². The molecule has 0 amide bonds. The maximum absolute atomic E-state index is 12.3. The Kier molecular flexibility index (Phi) is 2.92. The van der Waals surface area contributed by atoms with Gasteiger partial charge in [-0.1, -0.05) is 0 Å². The Morgan fingerprint density at radius 3 is 2.62 bits per heavy atom. The Balaban J connectivity index is 3.34. The maximum Gasteiger partial charge on any atom is 0.336 e. The summed E-state index contributed by atoms with van der Waals surface area (Å²) >= 11 is 2.76. The SMILES string of the molecule is O=C(O)c1ccnc(Br)c1C(F)F. The molecule has 0 radical (unpaired) electrons. The second-order valence-electron chi connectivity index (χ2n) is 2.17. The molecule has 0 aliphatic carbocycles. The Morgan fingerprint density at radius 2 is 2.23 bits per heavy atom. The molecule has 70 valence electrons. The molecule has 0 saturated heterocycles. The molecule has 0 spiro atoms. The van der Waals surface area contributed by atoms with Gasteiger partial charge in [0.2, 0.25) is 0 Å².